The van der Waals surface area contributed by atoms with Gasteiger partial charge in [0.2, 0.25) is 0 Å². The molecule has 6 heteroatoms. The lowest BCUT2D eigenvalue weighted by Gasteiger charge is -2.04. The standard InChI is InChI=1S/C17H19N5O/c1-3-18-16-8-9-19-17(21-16)14-10-20-22(12-14)11-13-4-6-15(23-2)7-5-13/h4-10,12H,3,11H2,1-2H3,(H,18,19,21). The number of aromatic nitrogens is 4. The third kappa shape index (κ3) is 3.66. The lowest BCUT2D eigenvalue weighted by Crippen LogP contribution is -2.01. The van der Waals surface area contributed by atoms with Crippen molar-refractivity contribution in [3.8, 4) is 17.1 Å². The summed E-state index contributed by atoms with van der Waals surface area (Å²) in [6, 6.07) is 9.81. The van der Waals surface area contributed by atoms with Gasteiger partial charge in [-0.1, -0.05) is 12.1 Å². The summed E-state index contributed by atoms with van der Waals surface area (Å²) >= 11 is 0. The van der Waals surface area contributed by atoms with Gasteiger partial charge in [0.15, 0.2) is 5.82 Å². The highest BCUT2D eigenvalue weighted by Gasteiger charge is 2.06. The molecule has 0 saturated heterocycles. The smallest absolute Gasteiger partial charge is 0.164 e. The number of benzene rings is 1. The summed E-state index contributed by atoms with van der Waals surface area (Å²) in [6.45, 7) is 3.55. The molecule has 0 fully saturated rings. The van der Waals surface area contributed by atoms with Gasteiger partial charge in [0.1, 0.15) is 11.6 Å². The maximum absolute atomic E-state index is 5.17. The molecule has 0 saturated carbocycles. The van der Waals surface area contributed by atoms with E-state index in [1.807, 2.05) is 48.1 Å². The Morgan fingerprint density at radius 2 is 2.00 bits per heavy atom. The lowest BCUT2D eigenvalue weighted by molar-refractivity contribution is 0.414. The number of ether oxygens (including phenoxy) is 1. The minimum Gasteiger partial charge on any atom is -0.497 e. The summed E-state index contributed by atoms with van der Waals surface area (Å²) in [5, 5.41) is 7.58. The van der Waals surface area contributed by atoms with Crippen LogP contribution in [0.1, 0.15) is 12.5 Å². The maximum atomic E-state index is 5.17. The number of nitrogens with one attached hydrogen (secondary N) is 1. The van der Waals surface area contributed by atoms with Crippen molar-refractivity contribution in [1.29, 1.82) is 0 Å². The van der Waals surface area contributed by atoms with Gasteiger partial charge in [0.25, 0.3) is 0 Å². The van der Waals surface area contributed by atoms with E-state index >= 15 is 0 Å². The zero-order valence-electron chi connectivity index (χ0n) is 13.2. The van der Waals surface area contributed by atoms with E-state index in [1.54, 1.807) is 19.5 Å². The van der Waals surface area contributed by atoms with Crippen molar-refractivity contribution in [2.24, 2.45) is 0 Å². The minimum atomic E-state index is 0.671. The first-order valence-electron chi connectivity index (χ1n) is 7.51. The number of hydrogen-bond donors (Lipinski definition) is 1. The number of hydrogen-bond acceptors (Lipinski definition) is 5. The molecule has 0 atom stereocenters. The van der Waals surface area contributed by atoms with Gasteiger partial charge in [0, 0.05) is 18.9 Å². The summed E-state index contributed by atoms with van der Waals surface area (Å²) in [5.74, 6) is 2.34. The van der Waals surface area contributed by atoms with Gasteiger partial charge in [-0.3, -0.25) is 4.68 Å². The van der Waals surface area contributed by atoms with Gasteiger partial charge >= 0.3 is 0 Å². The Balaban J connectivity index is 1.75. The topological polar surface area (TPSA) is 64.9 Å². The van der Waals surface area contributed by atoms with Crippen LogP contribution in [0, 0.1) is 0 Å². The van der Waals surface area contributed by atoms with E-state index in [-0.39, 0.29) is 0 Å². The highest BCUT2D eigenvalue weighted by atomic mass is 16.5. The van der Waals surface area contributed by atoms with Crippen LogP contribution in [0.2, 0.25) is 0 Å². The van der Waals surface area contributed by atoms with Crippen molar-refractivity contribution in [2.75, 3.05) is 19.0 Å². The Morgan fingerprint density at radius 3 is 2.74 bits per heavy atom. The molecule has 0 aliphatic carbocycles. The Kier molecular flexibility index (Phi) is 4.52. The Bertz CT molecular complexity index is 767. The molecule has 0 spiro atoms. The van der Waals surface area contributed by atoms with Crippen molar-refractivity contribution < 1.29 is 4.74 Å². The third-order valence-corrected chi connectivity index (χ3v) is 3.41. The van der Waals surface area contributed by atoms with Gasteiger partial charge < -0.3 is 10.1 Å². The van der Waals surface area contributed by atoms with Crippen LogP contribution < -0.4 is 10.1 Å². The van der Waals surface area contributed by atoms with E-state index < -0.39 is 0 Å². The largest absolute Gasteiger partial charge is 0.497 e. The number of rotatable bonds is 6. The van der Waals surface area contributed by atoms with Crippen LogP contribution in [0.4, 0.5) is 5.82 Å². The predicted molar refractivity (Wildman–Crippen MR) is 89.5 cm³/mol. The molecule has 0 bridgehead atoms. The van der Waals surface area contributed by atoms with Crippen LogP contribution in [-0.4, -0.2) is 33.4 Å². The fourth-order valence-electron chi connectivity index (χ4n) is 2.26. The van der Waals surface area contributed by atoms with Crippen molar-refractivity contribution in [3.63, 3.8) is 0 Å². The highest BCUT2D eigenvalue weighted by Crippen LogP contribution is 2.17. The number of anilines is 1. The molecule has 0 unspecified atom stereocenters. The van der Waals surface area contributed by atoms with E-state index in [0.29, 0.717) is 12.4 Å². The molecule has 2 aromatic heterocycles. The quantitative estimate of drug-likeness (QED) is 0.758. The summed E-state index contributed by atoms with van der Waals surface area (Å²) in [7, 11) is 1.66. The van der Waals surface area contributed by atoms with Crippen LogP contribution >= 0.6 is 0 Å². The SMILES string of the molecule is CCNc1ccnc(-c2cnn(Cc3ccc(OC)cc3)c2)n1. The van der Waals surface area contributed by atoms with Crippen LogP contribution in [0.15, 0.2) is 48.9 Å². The zero-order chi connectivity index (χ0) is 16.1. The molecule has 1 N–H and O–H groups in total. The molecule has 0 amide bonds. The normalized spacial score (nSPS) is 10.5. The zero-order valence-corrected chi connectivity index (χ0v) is 13.2. The van der Waals surface area contributed by atoms with Gasteiger partial charge in [-0.25, -0.2) is 9.97 Å². The average molecular weight is 309 g/mol. The van der Waals surface area contributed by atoms with Crippen molar-refractivity contribution in [1.82, 2.24) is 19.7 Å². The van der Waals surface area contributed by atoms with Gasteiger partial charge in [0.05, 0.1) is 25.4 Å². The van der Waals surface area contributed by atoms with E-state index in [4.69, 9.17) is 4.74 Å². The highest BCUT2D eigenvalue weighted by molar-refractivity contribution is 5.54. The van der Waals surface area contributed by atoms with Crippen LogP contribution in [-0.2, 0) is 6.54 Å². The van der Waals surface area contributed by atoms with Crippen LogP contribution in [0.3, 0.4) is 0 Å². The maximum Gasteiger partial charge on any atom is 0.164 e. The first kappa shape index (κ1) is 15.0. The lowest BCUT2D eigenvalue weighted by atomic mass is 10.2. The molecule has 0 radical (unpaired) electrons. The summed E-state index contributed by atoms with van der Waals surface area (Å²) < 4.78 is 7.04. The monoisotopic (exact) mass is 309 g/mol. The predicted octanol–water partition coefficient (Wildman–Crippen LogP) is 2.83. The molecule has 0 aliphatic rings. The molecular formula is C17H19N5O. The molecule has 0 aliphatic heterocycles. The van der Waals surface area contributed by atoms with Gasteiger partial charge in [-0.15, -0.1) is 0 Å². The summed E-state index contributed by atoms with van der Waals surface area (Å²) in [6.07, 6.45) is 5.49. The number of nitrogens with zero attached hydrogens (tertiary/aromatic N) is 4. The van der Waals surface area contributed by atoms with Crippen molar-refractivity contribution in [2.45, 2.75) is 13.5 Å². The Hall–Kier alpha value is -2.89. The molecule has 1 aromatic carbocycles. The molecule has 2 heterocycles. The van der Waals surface area contributed by atoms with E-state index in [2.05, 4.69) is 20.4 Å². The second-order valence-electron chi connectivity index (χ2n) is 5.07. The molecule has 3 aromatic rings. The fraction of sp³-hybridized carbons (Fsp3) is 0.235. The minimum absolute atomic E-state index is 0.671. The Morgan fingerprint density at radius 1 is 1.17 bits per heavy atom. The van der Waals surface area contributed by atoms with Gasteiger partial charge in [-0.05, 0) is 30.7 Å². The molecule has 6 nitrogen and oxygen atoms in total. The van der Waals surface area contributed by atoms with E-state index in [1.165, 1.54) is 0 Å². The van der Waals surface area contributed by atoms with Crippen LogP contribution in [0.5, 0.6) is 5.75 Å². The first-order chi connectivity index (χ1) is 11.3. The second-order valence-corrected chi connectivity index (χ2v) is 5.07. The summed E-state index contributed by atoms with van der Waals surface area (Å²) in [4.78, 5) is 8.80. The molecular weight excluding hydrogens is 290 g/mol. The fourth-order valence-corrected chi connectivity index (χ4v) is 2.26. The van der Waals surface area contributed by atoms with Crippen molar-refractivity contribution >= 4 is 5.82 Å². The van der Waals surface area contributed by atoms with Crippen LogP contribution in [0.25, 0.3) is 11.4 Å². The molecule has 23 heavy (non-hydrogen) atoms. The second kappa shape index (κ2) is 6.91. The Labute approximate surface area is 135 Å². The average Bonchev–Trinajstić information content (AvgIpc) is 3.05. The van der Waals surface area contributed by atoms with Crippen molar-refractivity contribution in [3.05, 3.63) is 54.5 Å². The molecule has 3 rings (SSSR count). The third-order valence-electron chi connectivity index (χ3n) is 3.41. The first-order valence-corrected chi connectivity index (χ1v) is 7.51. The number of methoxy groups -OCH3 is 1. The van der Waals surface area contributed by atoms with E-state index in [9.17, 15) is 0 Å². The van der Waals surface area contributed by atoms with E-state index in [0.717, 1.165) is 29.2 Å². The molecule has 118 valence electrons. The van der Waals surface area contributed by atoms with Gasteiger partial charge in [-0.2, -0.15) is 5.10 Å². The summed E-state index contributed by atoms with van der Waals surface area (Å²) in [5.41, 5.74) is 2.06.